The van der Waals surface area contributed by atoms with Gasteiger partial charge in [0.05, 0.1) is 0 Å². The molecule has 0 saturated heterocycles. The van der Waals surface area contributed by atoms with Gasteiger partial charge in [0, 0.05) is 32.4 Å². The van der Waals surface area contributed by atoms with E-state index in [1.54, 1.807) is 0 Å². The Kier molecular flexibility index (Phi) is 6.68. The van der Waals surface area contributed by atoms with Crippen LogP contribution < -0.4 is 10.2 Å². The molecule has 1 rings (SSSR count). The second-order valence-corrected chi connectivity index (χ2v) is 4.62. The van der Waals surface area contributed by atoms with Gasteiger partial charge in [0.2, 0.25) is 0 Å². The first-order valence-corrected chi connectivity index (χ1v) is 6.70. The Labute approximate surface area is 110 Å². The quantitative estimate of drug-likeness (QED) is 0.741. The standard InChI is InChI=1S/C14H25N3O/c1-4-7-15-12(2)13-6-8-16-14(11-13)17(3)9-5-10-18/h6,8,11-12,15,18H,4-5,7,9-10H2,1-3H3. The summed E-state index contributed by atoms with van der Waals surface area (Å²) in [5.41, 5.74) is 1.25. The highest BCUT2D eigenvalue weighted by Gasteiger charge is 2.07. The average Bonchev–Trinajstić information content (AvgIpc) is 2.42. The molecular weight excluding hydrogens is 226 g/mol. The number of nitrogens with zero attached hydrogens (tertiary/aromatic N) is 2. The molecule has 1 unspecified atom stereocenters. The van der Waals surface area contributed by atoms with E-state index in [4.69, 9.17) is 5.11 Å². The monoisotopic (exact) mass is 251 g/mol. The van der Waals surface area contributed by atoms with Crippen LogP contribution >= 0.6 is 0 Å². The fourth-order valence-corrected chi connectivity index (χ4v) is 1.81. The maximum Gasteiger partial charge on any atom is 0.128 e. The molecule has 4 heteroatoms. The van der Waals surface area contributed by atoms with Crippen molar-refractivity contribution in [3.05, 3.63) is 23.9 Å². The van der Waals surface area contributed by atoms with Gasteiger partial charge in [0.1, 0.15) is 5.82 Å². The van der Waals surface area contributed by atoms with E-state index in [0.29, 0.717) is 6.04 Å². The van der Waals surface area contributed by atoms with Crippen LogP contribution in [0.25, 0.3) is 0 Å². The lowest BCUT2D eigenvalue weighted by atomic mass is 10.1. The summed E-state index contributed by atoms with van der Waals surface area (Å²) in [4.78, 5) is 6.45. The molecule has 0 aromatic carbocycles. The minimum atomic E-state index is 0.221. The van der Waals surface area contributed by atoms with Crippen LogP contribution in [0.5, 0.6) is 0 Å². The van der Waals surface area contributed by atoms with Gasteiger partial charge in [0.25, 0.3) is 0 Å². The second-order valence-electron chi connectivity index (χ2n) is 4.62. The normalized spacial score (nSPS) is 12.4. The summed E-state index contributed by atoms with van der Waals surface area (Å²) >= 11 is 0. The molecule has 0 aliphatic rings. The second kappa shape index (κ2) is 8.06. The number of aromatic nitrogens is 1. The zero-order valence-corrected chi connectivity index (χ0v) is 11.7. The number of aliphatic hydroxyl groups is 1. The highest BCUT2D eigenvalue weighted by atomic mass is 16.3. The van der Waals surface area contributed by atoms with Gasteiger partial charge in [-0.15, -0.1) is 0 Å². The molecule has 1 aromatic heterocycles. The maximum atomic E-state index is 8.84. The number of anilines is 1. The SMILES string of the molecule is CCCNC(C)c1ccnc(N(C)CCCO)c1. The predicted molar refractivity (Wildman–Crippen MR) is 75.9 cm³/mol. The van der Waals surface area contributed by atoms with Crippen LogP contribution in [0.2, 0.25) is 0 Å². The summed E-state index contributed by atoms with van der Waals surface area (Å²) in [5.74, 6) is 0.964. The Morgan fingerprint density at radius 3 is 2.94 bits per heavy atom. The van der Waals surface area contributed by atoms with E-state index < -0.39 is 0 Å². The third-order valence-corrected chi connectivity index (χ3v) is 3.01. The smallest absolute Gasteiger partial charge is 0.128 e. The number of pyridine rings is 1. The first-order chi connectivity index (χ1) is 8.69. The van der Waals surface area contributed by atoms with Crippen molar-refractivity contribution >= 4 is 5.82 Å². The number of hydrogen-bond donors (Lipinski definition) is 2. The van der Waals surface area contributed by atoms with Crippen molar-refractivity contribution in [3.8, 4) is 0 Å². The van der Waals surface area contributed by atoms with E-state index in [1.807, 2.05) is 13.2 Å². The minimum Gasteiger partial charge on any atom is -0.396 e. The van der Waals surface area contributed by atoms with Crippen molar-refractivity contribution in [3.63, 3.8) is 0 Å². The van der Waals surface area contributed by atoms with Crippen molar-refractivity contribution < 1.29 is 5.11 Å². The van der Waals surface area contributed by atoms with E-state index in [0.717, 1.165) is 31.7 Å². The van der Waals surface area contributed by atoms with Gasteiger partial charge in [-0.2, -0.15) is 0 Å². The van der Waals surface area contributed by atoms with Crippen molar-refractivity contribution in [1.82, 2.24) is 10.3 Å². The number of rotatable bonds is 8. The van der Waals surface area contributed by atoms with Gasteiger partial charge in [0.15, 0.2) is 0 Å². The first-order valence-electron chi connectivity index (χ1n) is 6.70. The summed E-state index contributed by atoms with van der Waals surface area (Å²) in [6.45, 7) is 6.41. The molecule has 0 aliphatic heterocycles. The third-order valence-electron chi connectivity index (χ3n) is 3.01. The third kappa shape index (κ3) is 4.63. The van der Waals surface area contributed by atoms with E-state index >= 15 is 0 Å². The summed E-state index contributed by atoms with van der Waals surface area (Å²) in [7, 11) is 2.01. The molecule has 102 valence electrons. The van der Waals surface area contributed by atoms with Crippen molar-refractivity contribution in [2.24, 2.45) is 0 Å². The fourth-order valence-electron chi connectivity index (χ4n) is 1.81. The Balaban J connectivity index is 2.66. The summed E-state index contributed by atoms with van der Waals surface area (Å²) in [5, 5.41) is 12.3. The van der Waals surface area contributed by atoms with Gasteiger partial charge < -0.3 is 15.3 Å². The Bertz CT molecular complexity index is 314. The molecule has 1 heterocycles. The van der Waals surface area contributed by atoms with Crippen LogP contribution in [-0.4, -0.2) is 36.8 Å². The molecule has 1 atom stereocenters. The van der Waals surface area contributed by atoms with Crippen LogP contribution in [0.1, 0.15) is 38.3 Å². The topological polar surface area (TPSA) is 48.4 Å². The highest BCUT2D eigenvalue weighted by molar-refractivity contribution is 5.40. The van der Waals surface area contributed by atoms with Crippen molar-refractivity contribution in [2.45, 2.75) is 32.7 Å². The van der Waals surface area contributed by atoms with Crippen LogP contribution in [0.15, 0.2) is 18.3 Å². The van der Waals surface area contributed by atoms with Gasteiger partial charge in [-0.05, 0) is 44.0 Å². The molecule has 0 radical (unpaired) electrons. The molecular formula is C14H25N3O. The molecule has 0 bridgehead atoms. The van der Waals surface area contributed by atoms with Crippen LogP contribution in [0, 0.1) is 0 Å². The molecule has 18 heavy (non-hydrogen) atoms. The summed E-state index contributed by atoms with van der Waals surface area (Å²) in [6.07, 6.45) is 3.76. The van der Waals surface area contributed by atoms with Gasteiger partial charge in [-0.3, -0.25) is 0 Å². The highest BCUT2D eigenvalue weighted by Crippen LogP contribution is 2.17. The number of aliphatic hydroxyl groups excluding tert-OH is 1. The Morgan fingerprint density at radius 2 is 2.28 bits per heavy atom. The maximum absolute atomic E-state index is 8.84. The van der Waals surface area contributed by atoms with E-state index in [1.165, 1.54) is 5.56 Å². The Morgan fingerprint density at radius 1 is 1.50 bits per heavy atom. The van der Waals surface area contributed by atoms with Crippen molar-refractivity contribution in [2.75, 3.05) is 31.6 Å². The zero-order chi connectivity index (χ0) is 13.4. The van der Waals surface area contributed by atoms with Gasteiger partial charge >= 0.3 is 0 Å². The van der Waals surface area contributed by atoms with E-state index in [9.17, 15) is 0 Å². The minimum absolute atomic E-state index is 0.221. The molecule has 2 N–H and O–H groups in total. The van der Waals surface area contributed by atoms with E-state index in [2.05, 4.69) is 41.2 Å². The predicted octanol–water partition coefficient (Wildman–Crippen LogP) is 1.96. The first kappa shape index (κ1) is 14.9. The zero-order valence-electron chi connectivity index (χ0n) is 11.7. The summed E-state index contributed by atoms with van der Waals surface area (Å²) in [6, 6.07) is 4.51. The van der Waals surface area contributed by atoms with E-state index in [-0.39, 0.29) is 6.61 Å². The van der Waals surface area contributed by atoms with Crippen LogP contribution in [-0.2, 0) is 0 Å². The fraction of sp³-hybridized carbons (Fsp3) is 0.643. The largest absolute Gasteiger partial charge is 0.396 e. The van der Waals surface area contributed by atoms with Crippen LogP contribution in [0.4, 0.5) is 5.82 Å². The molecule has 0 fully saturated rings. The van der Waals surface area contributed by atoms with Crippen molar-refractivity contribution in [1.29, 1.82) is 0 Å². The van der Waals surface area contributed by atoms with Gasteiger partial charge in [-0.25, -0.2) is 4.98 Å². The lowest BCUT2D eigenvalue weighted by Gasteiger charge is -2.20. The molecule has 4 nitrogen and oxygen atoms in total. The van der Waals surface area contributed by atoms with Gasteiger partial charge in [-0.1, -0.05) is 6.92 Å². The molecule has 0 saturated carbocycles. The average molecular weight is 251 g/mol. The number of hydrogen-bond acceptors (Lipinski definition) is 4. The number of nitrogens with one attached hydrogen (secondary N) is 1. The molecule has 1 aromatic rings. The van der Waals surface area contributed by atoms with Crippen LogP contribution in [0.3, 0.4) is 0 Å². The lowest BCUT2D eigenvalue weighted by Crippen LogP contribution is -2.22. The Hall–Kier alpha value is -1.13. The summed E-state index contributed by atoms with van der Waals surface area (Å²) < 4.78 is 0. The molecule has 0 amide bonds. The lowest BCUT2D eigenvalue weighted by molar-refractivity contribution is 0.290. The molecule has 0 aliphatic carbocycles. The molecule has 0 spiro atoms.